The van der Waals surface area contributed by atoms with Crippen LogP contribution in [0, 0.1) is 12.8 Å². The summed E-state index contributed by atoms with van der Waals surface area (Å²) < 4.78 is 44.6. The number of hydrogen-bond donors (Lipinski definition) is 1. The van der Waals surface area contributed by atoms with E-state index in [2.05, 4.69) is 15.2 Å². The highest BCUT2D eigenvalue weighted by atomic mass is 19.4. The van der Waals surface area contributed by atoms with Crippen LogP contribution in [0.25, 0.3) is 11.1 Å². The lowest BCUT2D eigenvalue weighted by Gasteiger charge is -2.31. The molecular formula is C28H28F3N3O3. The lowest BCUT2D eigenvalue weighted by molar-refractivity contribution is -0.148. The number of amides is 1. The molecule has 1 aliphatic heterocycles. The number of carbonyl (C=O) groups excluding carboxylic acids is 2. The number of halogens is 3. The molecule has 0 atom stereocenters. The van der Waals surface area contributed by atoms with Crippen molar-refractivity contribution >= 4 is 23.4 Å². The summed E-state index contributed by atoms with van der Waals surface area (Å²) in [6, 6.07) is 13.7. The molecule has 1 saturated heterocycles. The average molecular weight is 512 g/mol. The zero-order valence-corrected chi connectivity index (χ0v) is 20.6. The lowest BCUT2D eigenvalue weighted by Crippen LogP contribution is -2.37. The molecule has 0 bridgehead atoms. The molecule has 4 rings (SSSR count). The highest BCUT2D eigenvalue weighted by Gasteiger charge is 2.30. The molecule has 9 heteroatoms. The molecule has 0 radical (unpaired) electrons. The third kappa shape index (κ3) is 6.28. The van der Waals surface area contributed by atoms with Gasteiger partial charge in [0.1, 0.15) is 5.82 Å². The third-order valence-corrected chi connectivity index (χ3v) is 6.45. The number of alkyl halides is 3. The summed E-state index contributed by atoms with van der Waals surface area (Å²) in [4.78, 5) is 31.3. The van der Waals surface area contributed by atoms with Crippen LogP contribution in [-0.4, -0.2) is 36.6 Å². The van der Waals surface area contributed by atoms with Crippen molar-refractivity contribution in [3.8, 4) is 11.1 Å². The molecule has 0 spiro atoms. The van der Waals surface area contributed by atoms with Crippen molar-refractivity contribution in [2.45, 2.75) is 32.9 Å². The zero-order chi connectivity index (χ0) is 26.6. The van der Waals surface area contributed by atoms with Crippen LogP contribution >= 0.6 is 0 Å². The van der Waals surface area contributed by atoms with E-state index in [0.29, 0.717) is 54.9 Å². The highest BCUT2D eigenvalue weighted by molar-refractivity contribution is 6.04. The minimum atomic E-state index is -4.44. The van der Waals surface area contributed by atoms with Gasteiger partial charge in [-0.15, -0.1) is 0 Å². The lowest BCUT2D eigenvalue weighted by atomic mass is 9.97. The summed E-state index contributed by atoms with van der Waals surface area (Å²) in [7, 11) is 0. The molecule has 1 N–H and O–H groups in total. The number of piperidine rings is 1. The maximum atomic E-state index is 13.2. The molecule has 1 aromatic heterocycles. The molecule has 1 fully saturated rings. The maximum Gasteiger partial charge on any atom is 0.416 e. The van der Waals surface area contributed by atoms with Crippen molar-refractivity contribution in [1.29, 1.82) is 0 Å². The number of nitrogens with zero attached hydrogens (tertiary/aromatic N) is 2. The van der Waals surface area contributed by atoms with E-state index < -0.39 is 11.7 Å². The summed E-state index contributed by atoms with van der Waals surface area (Å²) in [5.74, 6) is 0.0889. The summed E-state index contributed by atoms with van der Waals surface area (Å²) in [5.41, 5.74) is 1.90. The number of benzene rings is 2. The molecule has 3 aromatic rings. The monoisotopic (exact) mass is 511 g/mol. The molecule has 2 aromatic carbocycles. The van der Waals surface area contributed by atoms with E-state index in [1.807, 2.05) is 0 Å². The maximum absolute atomic E-state index is 13.2. The molecule has 2 heterocycles. The van der Waals surface area contributed by atoms with E-state index in [0.717, 1.165) is 23.5 Å². The van der Waals surface area contributed by atoms with Gasteiger partial charge in [0, 0.05) is 25.0 Å². The van der Waals surface area contributed by atoms with E-state index in [1.54, 1.807) is 50.2 Å². The highest BCUT2D eigenvalue weighted by Crippen LogP contribution is 2.34. The van der Waals surface area contributed by atoms with Crippen molar-refractivity contribution in [3.05, 3.63) is 77.5 Å². The fraction of sp³-hybridized carbons (Fsp3) is 0.321. The predicted molar refractivity (Wildman–Crippen MR) is 135 cm³/mol. The predicted octanol–water partition coefficient (Wildman–Crippen LogP) is 6.11. The minimum Gasteiger partial charge on any atom is -0.466 e. The van der Waals surface area contributed by atoms with Crippen LogP contribution in [0.3, 0.4) is 0 Å². The molecule has 1 aliphatic rings. The zero-order valence-electron chi connectivity index (χ0n) is 20.6. The first-order chi connectivity index (χ1) is 17.7. The Morgan fingerprint density at radius 2 is 1.84 bits per heavy atom. The van der Waals surface area contributed by atoms with Crippen molar-refractivity contribution in [1.82, 2.24) is 4.98 Å². The largest absolute Gasteiger partial charge is 0.466 e. The van der Waals surface area contributed by atoms with Gasteiger partial charge < -0.3 is 15.0 Å². The second-order valence-electron chi connectivity index (χ2n) is 8.98. The van der Waals surface area contributed by atoms with E-state index in [-0.39, 0.29) is 17.8 Å². The van der Waals surface area contributed by atoms with Crippen LogP contribution < -0.4 is 10.2 Å². The third-order valence-electron chi connectivity index (χ3n) is 6.45. The SMILES string of the molecule is CCOC(=O)C1CCN(c2ccc(C(=O)Nc3ccc(C)c(-c4cccc(C(F)(F)F)c4)c3)cn2)CC1. The topological polar surface area (TPSA) is 71.5 Å². The summed E-state index contributed by atoms with van der Waals surface area (Å²) >= 11 is 0. The molecule has 0 aliphatic carbocycles. The molecule has 0 unspecified atom stereocenters. The Labute approximate surface area is 213 Å². The van der Waals surface area contributed by atoms with Crippen LogP contribution in [0.5, 0.6) is 0 Å². The van der Waals surface area contributed by atoms with Crippen LogP contribution in [-0.2, 0) is 15.7 Å². The number of nitrogens with one attached hydrogen (secondary N) is 1. The number of pyridine rings is 1. The van der Waals surface area contributed by atoms with Gasteiger partial charge in [-0.25, -0.2) is 4.98 Å². The number of aryl methyl sites for hydroxylation is 1. The smallest absolute Gasteiger partial charge is 0.416 e. The summed E-state index contributed by atoms with van der Waals surface area (Å²) in [6.07, 6.45) is -1.58. The van der Waals surface area contributed by atoms with Crippen molar-refractivity contribution in [2.24, 2.45) is 5.92 Å². The Bertz CT molecular complexity index is 1270. The number of aromatic nitrogens is 1. The molecule has 37 heavy (non-hydrogen) atoms. The van der Waals surface area contributed by atoms with E-state index >= 15 is 0 Å². The second kappa shape index (κ2) is 11.0. The molecule has 1 amide bonds. The number of carbonyl (C=O) groups is 2. The summed E-state index contributed by atoms with van der Waals surface area (Å²) in [6.45, 7) is 5.31. The fourth-order valence-electron chi connectivity index (χ4n) is 4.39. The van der Waals surface area contributed by atoms with Crippen LogP contribution in [0.2, 0.25) is 0 Å². The Hall–Kier alpha value is -3.88. The summed E-state index contributed by atoms with van der Waals surface area (Å²) in [5, 5.41) is 2.80. The van der Waals surface area contributed by atoms with Gasteiger partial charge in [0.2, 0.25) is 0 Å². The van der Waals surface area contributed by atoms with Gasteiger partial charge in [-0.3, -0.25) is 9.59 Å². The van der Waals surface area contributed by atoms with Crippen LogP contribution in [0.1, 0.15) is 41.3 Å². The molecule has 0 saturated carbocycles. The van der Waals surface area contributed by atoms with Crippen molar-refractivity contribution in [3.63, 3.8) is 0 Å². The van der Waals surface area contributed by atoms with Crippen molar-refractivity contribution in [2.75, 3.05) is 29.9 Å². The number of ether oxygens (including phenoxy) is 1. The fourth-order valence-corrected chi connectivity index (χ4v) is 4.39. The first-order valence-electron chi connectivity index (χ1n) is 12.1. The van der Waals surface area contributed by atoms with Gasteiger partial charge in [-0.05, 0) is 79.8 Å². The molecule has 6 nitrogen and oxygen atoms in total. The van der Waals surface area contributed by atoms with Crippen LogP contribution in [0.4, 0.5) is 24.7 Å². The van der Waals surface area contributed by atoms with Gasteiger partial charge in [-0.2, -0.15) is 13.2 Å². The number of hydrogen-bond acceptors (Lipinski definition) is 5. The second-order valence-corrected chi connectivity index (χ2v) is 8.98. The standard InChI is InChI=1S/C28H28F3N3O3/c1-3-37-27(36)19-11-13-34(14-12-19)25-10-8-21(17-32-25)26(35)33-23-9-7-18(2)24(16-23)20-5-4-6-22(15-20)28(29,30)31/h4-10,15-17,19H,3,11-14H2,1-2H3,(H,33,35). The molecular weight excluding hydrogens is 483 g/mol. The van der Waals surface area contributed by atoms with E-state index in [9.17, 15) is 22.8 Å². The Kier molecular flexibility index (Phi) is 7.80. The minimum absolute atomic E-state index is 0.100. The average Bonchev–Trinajstić information content (AvgIpc) is 2.89. The number of anilines is 2. The van der Waals surface area contributed by atoms with Crippen molar-refractivity contribution < 1.29 is 27.5 Å². The Balaban J connectivity index is 1.42. The van der Waals surface area contributed by atoms with Gasteiger partial charge in [0.05, 0.1) is 23.7 Å². The first kappa shape index (κ1) is 26.2. The molecule has 194 valence electrons. The van der Waals surface area contributed by atoms with Gasteiger partial charge in [-0.1, -0.05) is 18.2 Å². The normalized spacial score (nSPS) is 14.4. The Morgan fingerprint density at radius 3 is 2.49 bits per heavy atom. The number of esters is 1. The number of rotatable bonds is 6. The van der Waals surface area contributed by atoms with Gasteiger partial charge in [0.25, 0.3) is 5.91 Å². The Morgan fingerprint density at radius 1 is 1.08 bits per heavy atom. The van der Waals surface area contributed by atoms with Crippen LogP contribution in [0.15, 0.2) is 60.8 Å². The van der Waals surface area contributed by atoms with E-state index in [4.69, 9.17) is 4.74 Å². The van der Waals surface area contributed by atoms with Gasteiger partial charge >= 0.3 is 12.1 Å². The first-order valence-corrected chi connectivity index (χ1v) is 12.1. The van der Waals surface area contributed by atoms with Gasteiger partial charge in [0.15, 0.2) is 0 Å². The quantitative estimate of drug-likeness (QED) is 0.405. The van der Waals surface area contributed by atoms with E-state index in [1.165, 1.54) is 12.3 Å².